The van der Waals surface area contributed by atoms with Crippen molar-refractivity contribution >= 4 is 30.0 Å². The number of rotatable bonds is 3. The van der Waals surface area contributed by atoms with Crippen molar-refractivity contribution in [3.05, 3.63) is 53.9 Å². The molecule has 7 nitrogen and oxygen atoms in total. The summed E-state index contributed by atoms with van der Waals surface area (Å²) >= 11 is 0. The fourth-order valence-corrected chi connectivity index (χ4v) is 1.92. The van der Waals surface area contributed by atoms with Gasteiger partial charge in [0.15, 0.2) is 5.96 Å². The lowest BCUT2D eigenvalue weighted by Gasteiger charge is -2.09. The lowest BCUT2D eigenvalue weighted by atomic mass is 10.2. The van der Waals surface area contributed by atoms with Crippen LogP contribution in [-0.2, 0) is 0 Å². The number of oxime groups is 1. The molecule has 1 aromatic heterocycles. The smallest absolute Gasteiger partial charge is 0.280 e. The molecule has 0 fully saturated rings. The molecule has 22 heavy (non-hydrogen) atoms. The monoisotopic (exact) mass is 321 g/mol. The highest BCUT2D eigenvalue weighted by Crippen LogP contribution is 2.16. The first-order valence-electron chi connectivity index (χ1n) is 6.13. The van der Waals surface area contributed by atoms with Crippen LogP contribution in [0.2, 0.25) is 0 Å². The van der Waals surface area contributed by atoms with Crippen LogP contribution in [0.4, 0.5) is 0 Å². The quantitative estimate of drug-likeness (QED) is 0.343. The molecule has 0 saturated heterocycles. The van der Waals surface area contributed by atoms with Crippen molar-refractivity contribution in [2.45, 2.75) is 6.92 Å². The van der Waals surface area contributed by atoms with Crippen molar-refractivity contribution in [1.82, 2.24) is 4.57 Å². The van der Waals surface area contributed by atoms with Crippen molar-refractivity contribution < 1.29 is 10.0 Å². The van der Waals surface area contributed by atoms with E-state index >= 15 is 0 Å². The number of amides is 1. The topological polar surface area (TPSA) is 119 Å². The van der Waals surface area contributed by atoms with E-state index in [1.54, 1.807) is 42.0 Å². The minimum Gasteiger partial charge on any atom is -0.411 e. The normalized spacial score (nSPS) is 10.7. The third kappa shape index (κ3) is 3.64. The van der Waals surface area contributed by atoms with Crippen molar-refractivity contribution in [3.63, 3.8) is 0 Å². The van der Waals surface area contributed by atoms with Crippen molar-refractivity contribution in [2.75, 3.05) is 0 Å². The predicted molar refractivity (Wildman–Crippen MR) is 87.2 cm³/mol. The maximum Gasteiger partial charge on any atom is 0.280 e. The Kier molecular flexibility index (Phi) is 5.71. The molecule has 5 N–H and O–H groups in total. The summed E-state index contributed by atoms with van der Waals surface area (Å²) in [6.07, 6.45) is 1.80. The van der Waals surface area contributed by atoms with Crippen molar-refractivity contribution in [1.29, 1.82) is 0 Å². The first kappa shape index (κ1) is 17.3. The van der Waals surface area contributed by atoms with E-state index < -0.39 is 5.91 Å². The van der Waals surface area contributed by atoms with Crippen LogP contribution in [0.25, 0.3) is 5.69 Å². The molecular weight excluding hydrogens is 306 g/mol. The molecule has 8 heteroatoms. The summed E-state index contributed by atoms with van der Waals surface area (Å²) in [4.78, 5) is 15.3. The third-order valence-corrected chi connectivity index (χ3v) is 2.87. The van der Waals surface area contributed by atoms with E-state index in [2.05, 4.69) is 10.1 Å². The van der Waals surface area contributed by atoms with Gasteiger partial charge in [0.2, 0.25) is 0 Å². The molecule has 0 aliphatic carbocycles. The van der Waals surface area contributed by atoms with Gasteiger partial charge in [-0.2, -0.15) is 4.99 Å². The summed E-state index contributed by atoms with van der Waals surface area (Å²) in [5, 5.41) is 12.1. The summed E-state index contributed by atoms with van der Waals surface area (Å²) < 4.78 is 1.79. The molecule has 116 valence electrons. The van der Waals surface area contributed by atoms with Gasteiger partial charge in [0, 0.05) is 17.4 Å². The van der Waals surface area contributed by atoms with Gasteiger partial charge in [-0.25, -0.2) is 0 Å². The zero-order valence-electron chi connectivity index (χ0n) is 11.8. The molecule has 2 rings (SSSR count). The number of aliphatic imine (C=N–C) groups is 1. The highest BCUT2D eigenvalue weighted by molar-refractivity contribution is 6.02. The molecular formula is C14H16ClN5O2. The van der Waals surface area contributed by atoms with Gasteiger partial charge in [-0.3, -0.25) is 4.79 Å². The zero-order valence-corrected chi connectivity index (χ0v) is 12.6. The standard InChI is InChI=1S/C14H15N5O2.ClH/c1-9(18-21)12-6-3-7-19(12)11-5-2-4-10(8-11)13(20)17-14(15)16;/h2-8,21H,1H3,(H4,15,16,17,20);1H/b18-9-;. The molecule has 1 amide bonds. The molecule has 2 aromatic rings. The van der Waals surface area contributed by atoms with Crippen LogP contribution in [-0.4, -0.2) is 27.4 Å². The second kappa shape index (κ2) is 7.28. The molecule has 0 aliphatic heterocycles. The molecule has 0 radical (unpaired) electrons. The zero-order chi connectivity index (χ0) is 15.4. The summed E-state index contributed by atoms with van der Waals surface area (Å²) in [5.74, 6) is -0.798. The number of benzene rings is 1. The summed E-state index contributed by atoms with van der Waals surface area (Å²) in [7, 11) is 0. The average Bonchev–Trinajstić information content (AvgIpc) is 2.95. The maximum absolute atomic E-state index is 11.8. The Bertz CT molecular complexity index is 732. The second-order valence-corrected chi connectivity index (χ2v) is 4.34. The Hall–Kier alpha value is -2.80. The van der Waals surface area contributed by atoms with Gasteiger partial charge >= 0.3 is 0 Å². The van der Waals surface area contributed by atoms with Crippen LogP contribution in [0, 0.1) is 0 Å². The van der Waals surface area contributed by atoms with Gasteiger partial charge in [-0.1, -0.05) is 11.2 Å². The fraction of sp³-hybridized carbons (Fsp3) is 0.0714. The van der Waals surface area contributed by atoms with Gasteiger partial charge in [0.25, 0.3) is 5.91 Å². The molecule has 0 atom stereocenters. The average molecular weight is 322 g/mol. The molecule has 0 aliphatic rings. The number of nitrogens with zero attached hydrogens (tertiary/aromatic N) is 3. The van der Waals surface area contributed by atoms with Gasteiger partial charge in [-0.15, -0.1) is 12.4 Å². The summed E-state index contributed by atoms with van der Waals surface area (Å²) in [6, 6.07) is 10.4. The van der Waals surface area contributed by atoms with Gasteiger partial charge < -0.3 is 21.2 Å². The van der Waals surface area contributed by atoms with Crippen LogP contribution in [0.5, 0.6) is 0 Å². The maximum atomic E-state index is 11.8. The van der Waals surface area contributed by atoms with Crippen LogP contribution >= 0.6 is 12.4 Å². The van der Waals surface area contributed by atoms with Gasteiger partial charge in [0.05, 0.1) is 5.69 Å². The van der Waals surface area contributed by atoms with Gasteiger partial charge in [-0.05, 0) is 37.3 Å². The summed E-state index contributed by atoms with van der Waals surface area (Å²) in [6.45, 7) is 1.68. The minimum absolute atomic E-state index is 0. The van der Waals surface area contributed by atoms with E-state index in [9.17, 15) is 4.79 Å². The Morgan fingerprint density at radius 1 is 1.23 bits per heavy atom. The highest BCUT2D eigenvalue weighted by Gasteiger charge is 2.10. The first-order valence-corrected chi connectivity index (χ1v) is 6.13. The lowest BCUT2D eigenvalue weighted by Crippen LogP contribution is -2.24. The highest BCUT2D eigenvalue weighted by atomic mass is 35.5. The molecule has 0 bridgehead atoms. The van der Waals surface area contributed by atoms with E-state index in [0.29, 0.717) is 17.0 Å². The van der Waals surface area contributed by atoms with Crippen LogP contribution in [0.15, 0.2) is 52.7 Å². The number of halogens is 1. The number of nitrogens with two attached hydrogens (primary N) is 2. The van der Waals surface area contributed by atoms with E-state index in [-0.39, 0.29) is 18.4 Å². The molecule has 0 saturated carbocycles. The molecule has 1 aromatic carbocycles. The molecule has 0 spiro atoms. The number of carbonyl (C=O) groups excluding carboxylic acids is 1. The van der Waals surface area contributed by atoms with Gasteiger partial charge in [0.1, 0.15) is 5.71 Å². The number of guanidine groups is 1. The molecule has 1 heterocycles. The Morgan fingerprint density at radius 2 is 1.95 bits per heavy atom. The lowest BCUT2D eigenvalue weighted by molar-refractivity contribution is 0.100. The van der Waals surface area contributed by atoms with Crippen LogP contribution in [0.3, 0.4) is 0 Å². The fourth-order valence-electron chi connectivity index (χ4n) is 1.92. The first-order chi connectivity index (χ1) is 10.0. The number of aromatic nitrogens is 1. The van der Waals surface area contributed by atoms with Crippen LogP contribution < -0.4 is 11.5 Å². The number of carbonyl (C=O) groups is 1. The van der Waals surface area contributed by atoms with Crippen molar-refractivity contribution in [3.8, 4) is 5.69 Å². The number of hydrogen-bond acceptors (Lipinski definition) is 3. The SMILES string of the molecule is C/C(=N/O)c1cccn1-c1cccc(C(=O)N=C(N)N)c1.Cl. The minimum atomic E-state index is -0.516. The predicted octanol–water partition coefficient (Wildman–Crippen LogP) is 1.51. The number of hydrogen-bond donors (Lipinski definition) is 3. The largest absolute Gasteiger partial charge is 0.411 e. The van der Waals surface area contributed by atoms with E-state index in [0.717, 1.165) is 5.69 Å². The second-order valence-electron chi connectivity index (χ2n) is 4.34. The van der Waals surface area contributed by atoms with E-state index in [1.165, 1.54) is 0 Å². The Balaban J connectivity index is 0.00000242. The van der Waals surface area contributed by atoms with E-state index in [1.807, 2.05) is 12.1 Å². The Morgan fingerprint density at radius 3 is 2.59 bits per heavy atom. The summed E-state index contributed by atoms with van der Waals surface area (Å²) in [5.41, 5.74) is 12.7. The van der Waals surface area contributed by atoms with Crippen LogP contribution in [0.1, 0.15) is 23.0 Å². The van der Waals surface area contributed by atoms with E-state index in [4.69, 9.17) is 16.7 Å². The molecule has 0 unspecified atom stereocenters. The van der Waals surface area contributed by atoms with Crippen molar-refractivity contribution in [2.24, 2.45) is 21.6 Å². The Labute approximate surface area is 133 Å². The third-order valence-electron chi connectivity index (χ3n) is 2.87.